The Morgan fingerprint density at radius 1 is 1.35 bits per heavy atom. The van der Waals surface area contributed by atoms with Crippen molar-refractivity contribution in [3.05, 3.63) is 46.8 Å². The zero-order valence-corrected chi connectivity index (χ0v) is 9.62. The molecule has 0 atom stereocenters. The number of nitrogens with zero attached hydrogens (tertiary/aromatic N) is 1. The minimum absolute atomic E-state index is 0.0925. The van der Waals surface area contributed by atoms with Crippen molar-refractivity contribution in [1.29, 1.82) is 0 Å². The van der Waals surface area contributed by atoms with E-state index in [1.165, 1.54) is 11.3 Å². The molecule has 0 aliphatic heterocycles. The highest BCUT2D eigenvalue weighted by Gasteiger charge is 2.06. The van der Waals surface area contributed by atoms with E-state index in [0.29, 0.717) is 5.56 Å². The smallest absolute Gasteiger partial charge is 0.256 e. The molecule has 17 heavy (non-hydrogen) atoms. The fourth-order valence-electron chi connectivity index (χ4n) is 1.61. The Morgan fingerprint density at radius 3 is 3.12 bits per heavy atom. The van der Waals surface area contributed by atoms with Crippen LogP contribution >= 0.6 is 11.3 Å². The third-order valence-corrected chi connectivity index (χ3v) is 3.17. The summed E-state index contributed by atoms with van der Waals surface area (Å²) in [5.41, 5.74) is 2.35. The van der Waals surface area contributed by atoms with Gasteiger partial charge in [0.15, 0.2) is 0 Å². The zero-order chi connectivity index (χ0) is 11.7. The van der Waals surface area contributed by atoms with Gasteiger partial charge in [0.25, 0.3) is 5.91 Å². The number of carbonyl (C=O) groups excluding carboxylic acids is 1. The first-order chi connectivity index (χ1) is 8.33. The fraction of sp³-hybridized carbons (Fsp3) is 0. The van der Waals surface area contributed by atoms with Crippen molar-refractivity contribution in [3.8, 4) is 0 Å². The van der Waals surface area contributed by atoms with Crippen molar-refractivity contribution in [2.75, 3.05) is 5.32 Å². The molecule has 2 heterocycles. The van der Waals surface area contributed by atoms with Crippen LogP contribution in [-0.4, -0.2) is 16.1 Å². The number of rotatable bonds is 2. The van der Waals surface area contributed by atoms with Crippen LogP contribution in [0.25, 0.3) is 10.9 Å². The van der Waals surface area contributed by atoms with E-state index in [2.05, 4.69) is 15.5 Å². The molecule has 3 aromatic rings. The van der Waals surface area contributed by atoms with Crippen LogP contribution < -0.4 is 5.32 Å². The van der Waals surface area contributed by atoms with E-state index in [1.807, 2.05) is 29.0 Å². The number of aromatic nitrogens is 2. The molecule has 0 radical (unpaired) electrons. The molecule has 0 saturated carbocycles. The highest BCUT2D eigenvalue weighted by atomic mass is 32.1. The lowest BCUT2D eigenvalue weighted by Gasteiger charge is -2.03. The summed E-state index contributed by atoms with van der Waals surface area (Å²) in [7, 11) is 0. The van der Waals surface area contributed by atoms with Crippen molar-refractivity contribution in [1.82, 2.24) is 10.2 Å². The van der Waals surface area contributed by atoms with Crippen LogP contribution in [0.5, 0.6) is 0 Å². The van der Waals surface area contributed by atoms with Crippen LogP contribution in [0.1, 0.15) is 10.4 Å². The number of hydrogen-bond donors (Lipinski definition) is 2. The number of thiophene rings is 1. The van der Waals surface area contributed by atoms with Gasteiger partial charge in [0.2, 0.25) is 0 Å². The predicted octanol–water partition coefficient (Wildman–Crippen LogP) is 2.88. The van der Waals surface area contributed by atoms with Gasteiger partial charge in [-0.1, -0.05) is 0 Å². The van der Waals surface area contributed by atoms with Gasteiger partial charge in [0.05, 0.1) is 17.3 Å². The Hall–Kier alpha value is -2.14. The monoisotopic (exact) mass is 243 g/mol. The minimum Gasteiger partial charge on any atom is -0.322 e. The summed E-state index contributed by atoms with van der Waals surface area (Å²) >= 11 is 1.51. The average Bonchev–Trinajstić information content (AvgIpc) is 2.99. The molecule has 0 bridgehead atoms. The second kappa shape index (κ2) is 4.03. The van der Waals surface area contributed by atoms with Crippen molar-refractivity contribution in [2.45, 2.75) is 0 Å². The molecule has 84 valence electrons. The minimum atomic E-state index is -0.0925. The van der Waals surface area contributed by atoms with E-state index >= 15 is 0 Å². The largest absolute Gasteiger partial charge is 0.322 e. The summed E-state index contributed by atoms with van der Waals surface area (Å²) in [6.07, 6.45) is 1.75. The number of H-pyrrole nitrogens is 1. The van der Waals surface area contributed by atoms with Crippen molar-refractivity contribution >= 4 is 33.8 Å². The summed E-state index contributed by atoms with van der Waals surface area (Å²) in [6, 6.07) is 7.45. The zero-order valence-electron chi connectivity index (χ0n) is 8.81. The summed E-state index contributed by atoms with van der Waals surface area (Å²) < 4.78 is 0. The number of amides is 1. The van der Waals surface area contributed by atoms with Crippen molar-refractivity contribution in [3.63, 3.8) is 0 Å². The van der Waals surface area contributed by atoms with Gasteiger partial charge in [-0.2, -0.15) is 16.4 Å². The molecule has 0 fully saturated rings. The molecular weight excluding hydrogens is 234 g/mol. The molecule has 2 N–H and O–H groups in total. The Bertz CT molecular complexity index is 657. The van der Waals surface area contributed by atoms with Gasteiger partial charge in [-0.05, 0) is 29.6 Å². The van der Waals surface area contributed by atoms with E-state index in [-0.39, 0.29) is 5.91 Å². The van der Waals surface area contributed by atoms with Gasteiger partial charge in [0.1, 0.15) is 0 Å². The highest BCUT2D eigenvalue weighted by molar-refractivity contribution is 7.08. The fourth-order valence-corrected chi connectivity index (χ4v) is 2.25. The Balaban J connectivity index is 1.87. The lowest BCUT2D eigenvalue weighted by Crippen LogP contribution is -2.10. The molecule has 2 aromatic heterocycles. The maximum absolute atomic E-state index is 11.8. The number of hydrogen-bond acceptors (Lipinski definition) is 3. The third kappa shape index (κ3) is 1.92. The number of anilines is 1. The first-order valence-electron chi connectivity index (χ1n) is 5.09. The number of fused-ring (bicyclic) bond motifs is 1. The maximum Gasteiger partial charge on any atom is 0.256 e. The predicted molar refractivity (Wildman–Crippen MR) is 68.4 cm³/mol. The van der Waals surface area contributed by atoms with Gasteiger partial charge in [0, 0.05) is 16.5 Å². The Labute approximate surface area is 101 Å². The molecule has 0 aliphatic rings. The first-order valence-corrected chi connectivity index (χ1v) is 6.04. The number of benzene rings is 1. The van der Waals surface area contributed by atoms with E-state index in [9.17, 15) is 4.79 Å². The normalized spacial score (nSPS) is 10.6. The first kappa shape index (κ1) is 10.0. The lowest BCUT2D eigenvalue weighted by molar-refractivity contribution is 0.102. The van der Waals surface area contributed by atoms with E-state index in [4.69, 9.17) is 0 Å². The Morgan fingerprint density at radius 2 is 2.29 bits per heavy atom. The molecule has 5 heteroatoms. The van der Waals surface area contributed by atoms with Crippen LogP contribution in [0.3, 0.4) is 0 Å². The Kier molecular flexibility index (Phi) is 2.38. The molecule has 1 amide bonds. The lowest BCUT2D eigenvalue weighted by atomic mass is 10.2. The van der Waals surface area contributed by atoms with Crippen molar-refractivity contribution < 1.29 is 4.79 Å². The molecule has 0 unspecified atom stereocenters. The summed E-state index contributed by atoms with van der Waals surface area (Å²) in [5.74, 6) is -0.0925. The average molecular weight is 243 g/mol. The molecule has 3 rings (SSSR count). The van der Waals surface area contributed by atoms with Crippen LogP contribution in [0, 0.1) is 0 Å². The SMILES string of the molecule is O=C(Nc1ccc2cn[nH]c2c1)c1ccsc1. The molecular formula is C12H9N3OS. The third-order valence-electron chi connectivity index (χ3n) is 2.48. The van der Waals surface area contributed by atoms with Crippen molar-refractivity contribution in [2.24, 2.45) is 0 Å². The van der Waals surface area contributed by atoms with Gasteiger partial charge >= 0.3 is 0 Å². The number of carbonyl (C=O) groups is 1. The topological polar surface area (TPSA) is 57.8 Å². The molecule has 1 aromatic carbocycles. The second-order valence-electron chi connectivity index (χ2n) is 3.64. The standard InChI is InChI=1S/C12H9N3OS/c16-12(9-3-4-17-7-9)14-10-2-1-8-6-13-15-11(8)5-10/h1-7H,(H,13,15)(H,14,16). The quantitative estimate of drug-likeness (QED) is 0.727. The summed E-state index contributed by atoms with van der Waals surface area (Å²) in [4.78, 5) is 11.8. The molecule has 0 spiro atoms. The van der Waals surface area contributed by atoms with Gasteiger partial charge < -0.3 is 5.32 Å². The van der Waals surface area contributed by atoms with Crippen LogP contribution in [0.2, 0.25) is 0 Å². The van der Waals surface area contributed by atoms with E-state index in [0.717, 1.165) is 16.6 Å². The second-order valence-corrected chi connectivity index (χ2v) is 4.42. The van der Waals surface area contributed by atoms with Gasteiger partial charge in [-0.3, -0.25) is 9.89 Å². The number of nitrogens with one attached hydrogen (secondary N) is 2. The van der Waals surface area contributed by atoms with Crippen LogP contribution in [0.15, 0.2) is 41.2 Å². The maximum atomic E-state index is 11.8. The summed E-state index contributed by atoms with van der Waals surface area (Å²) in [6.45, 7) is 0. The van der Waals surface area contributed by atoms with E-state index < -0.39 is 0 Å². The van der Waals surface area contributed by atoms with Crippen LogP contribution in [-0.2, 0) is 0 Å². The molecule has 4 nitrogen and oxygen atoms in total. The van der Waals surface area contributed by atoms with Crippen LogP contribution in [0.4, 0.5) is 5.69 Å². The van der Waals surface area contributed by atoms with Gasteiger partial charge in [-0.25, -0.2) is 0 Å². The van der Waals surface area contributed by atoms with Gasteiger partial charge in [-0.15, -0.1) is 0 Å². The highest BCUT2D eigenvalue weighted by Crippen LogP contribution is 2.17. The summed E-state index contributed by atoms with van der Waals surface area (Å²) in [5, 5.41) is 14.4. The molecule has 0 aliphatic carbocycles. The van der Waals surface area contributed by atoms with E-state index in [1.54, 1.807) is 12.3 Å². The number of aromatic amines is 1. The molecule has 0 saturated heterocycles.